The molecule has 3 heterocycles. The van der Waals surface area contributed by atoms with Crippen molar-refractivity contribution in [3.8, 4) is 5.75 Å². The smallest absolute Gasteiger partial charge is 0.287 e. The van der Waals surface area contributed by atoms with Gasteiger partial charge in [0.1, 0.15) is 11.4 Å². The fourth-order valence-corrected chi connectivity index (χ4v) is 9.37. The van der Waals surface area contributed by atoms with Gasteiger partial charge < -0.3 is 19.5 Å². The first-order valence-electron chi connectivity index (χ1n) is 16.8. The van der Waals surface area contributed by atoms with Crippen LogP contribution in [0.2, 0.25) is 5.02 Å². The lowest BCUT2D eigenvalue weighted by molar-refractivity contribution is -0.137. The monoisotopic (exact) mass is 707 g/mol. The van der Waals surface area contributed by atoms with Gasteiger partial charge in [-0.15, -0.1) is 4.36 Å². The Labute approximate surface area is 291 Å². The maximum Gasteiger partial charge on any atom is 0.287 e. The summed E-state index contributed by atoms with van der Waals surface area (Å²) < 4.78 is 35.7. The molecule has 3 aromatic rings. The minimum Gasteiger partial charge on any atom is -0.490 e. The van der Waals surface area contributed by atoms with Gasteiger partial charge in [-0.1, -0.05) is 29.8 Å². The van der Waals surface area contributed by atoms with Crippen LogP contribution in [-0.4, -0.2) is 68.9 Å². The highest BCUT2D eigenvalue weighted by atomic mass is 35.5. The van der Waals surface area contributed by atoms with E-state index in [2.05, 4.69) is 31.2 Å². The molecule has 1 spiro atoms. The molecule has 13 heteroatoms. The Balaban J connectivity index is 1.37. The van der Waals surface area contributed by atoms with Gasteiger partial charge in [-0.25, -0.2) is 4.21 Å². The predicted octanol–water partition coefficient (Wildman–Crippen LogP) is 5.00. The van der Waals surface area contributed by atoms with E-state index in [1.807, 2.05) is 6.07 Å². The summed E-state index contributed by atoms with van der Waals surface area (Å²) in [5.74, 6) is -0.652. The second kappa shape index (κ2) is 12.9. The highest BCUT2D eigenvalue weighted by Crippen LogP contribution is 2.47. The maximum atomic E-state index is 15.0. The van der Waals surface area contributed by atoms with Crippen molar-refractivity contribution in [2.75, 3.05) is 31.2 Å². The number of nitrogens with zero attached hydrogens (tertiary/aromatic N) is 4. The van der Waals surface area contributed by atoms with Crippen LogP contribution in [0.25, 0.3) is 0 Å². The molecule has 1 saturated carbocycles. The Morgan fingerprint density at radius 2 is 2.02 bits per heavy atom. The van der Waals surface area contributed by atoms with Crippen LogP contribution < -0.4 is 14.4 Å². The topological polar surface area (TPSA) is 135 Å². The van der Waals surface area contributed by atoms with Crippen molar-refractivity contribution in [2.45, 2.75) is 68.0 Å². The summed E-state index contributed by atoms with van der Waals surface area (Å²) in [7, 11) is -2.22. The van der Waals surface area contributed by atoms with Gasteiger partial charge in [0.25, 0.3) is 11.8 Å². The van der Waals surface area contributed by atoms with Crippen LogP contribution in [-0.2, 0) is 38.3 Å². The number of aliphatic hydroxyl groups excluding tert-OH is 1. The molecule has 1 aromatic heterocycles. The van der Waals surface area contributed by atoms with Crippen molar-refractivity contribution in [3.63, 3.8) is 0 Å². The molecule has 4 aliphatic rings. The summed E-state index contributed by atoms with van der Waals surface area (Å²) in [4.78, 5) is 29.6. The number of hydrogen-bond acceptors (Lipinski definition) is 8. The van der Waals surface area contributed by atoms with E-state index < -0.39 is 33.4 Å². The van der Waals surface area contributed by atoms with Gasteiger partial charge in [-0.05, 0) is 99.2 Å². The molecule has 1 fully saturated rings. The van der Waals surface area contributed by atoms with E-state index in [1.165, 1.54) is 42.0 Å². The number of halogens is 1. The molecule has 2 unspecified atom stereocenters. The largest absolute Gasteiger partial charge is 0.490 e. The Morgan fingerprint density at radius 3 is 2.78 bits per heavy atom. The van der Waals surface area contributed by atoms with Crippen molar-refractivity contribution in [1.82, 2.24) is 14.5 Å². The van der Waals surface area contributed by atoms with Crippen LogP contribution in [0.15, 0.2) is 70.2 Å². The number of rotatable bonds is 2. The molecule has 2 aliphatic heterocycles. The number of benzene rings is 2. The van der Waals surface area contributed by atoms with Gasteiger partial charge in [0.2, 0.25) is 0 Å². The minimum absolute atomic E-state index is 0.0419. The Kier molecular flexibility index (Phi) is 8.87. The molecular formula is C36H42ClN5O6S. The summed E-state index contributed by atoms with van der Waals surface area (Å²) in [6, 6.07) is 11.2. The molecule has 260 valence electrons. The van der Waals surface area contributed by atoms with Gasteiger partial charge in [0.05, 0.1) is 41.7 Å². The molecule has 11 nitrogen and oxygen atoms in total. The number of carbonyl (C=O) groups excluding carboxylic acids is 2. The fraction of sp³-hybridized carbons (Fsp3) is 0.472. The summed E-state index contributed by atoms with van der Waals surface area (Å²) >= 11 is 6.44. The third-order valence-electron chi connectivity index (χ3n) is 10.5. The van der Waals surface area contributed by atoms with Crippen molar-refractivity contribution in [1.29, 1.82) is 0 Å². The van der Waals surface area contributed by atoms with Crippen LogP contribution in [0.4, 0.5) is 5.69 Å². The average Bonchev–Trinajstić information content (AvgIpc) is 3.43. The van der Waals surface area contributed by atoms with E-state index in [0.29, 0.717) is 36.2 Å². The van der Waals surface area contributed by atoms with Gasteiger partial charge in [-0.2, -0.15) is 5.10 Å². The van der Waals surface area contributed by atoms with Crippen molar-refractivity contribution in [3.05, 3.63) is 82.7 Å². The SMILES string of the molecule is Cn1cc(C(=O)NS2(=O)=NC(=O)C(C)(C)OC/C=C/C(O)[C@@H]3CC[C@H]3CN3C[C@@]4(CCCc5cc(Cl)ccc54)COc4ccc2cc43)cn1. The van der Waals surface area contributed by atoms with E-state index >= 15 is 0 Å². The number of ether oxygens (including phenoxy) is 2. The van der Waals surface area contributed by atoms with E-state index in [4.69, 9.17) is 21.1 Å². The minimum atomic E-state index is -3.89. The number of anilines is 1. The van der Waals surface area contributed by atoms with Crippen LogP contribution >= 0.6 is 11.6 Å². The average molecular weight is 708 g/mol. The zero-order chi connectivity index (χ0) is 34.6. The number of carbonyl (C=O) groups is 2. The van der Waals surface area contributed by atoms with E-state index in [0.717, 1.165) is 32.1 Å². The molecule has 0 radical (unpaired) electrons. The van der Waals surface area contributed by atoms with Gasteiger partial charge >= 0.3 is 0 Å². The molecule has 7 rings (SSSR count). The number of aromatic nitrogens is 2. The van der Waals surface area contributed by atoms with Crippen molar-refractivity contribution in [2.24, 2.45) is 23.2 Å². The van der Waals surface area contributed by atoms with Crippen LogP contribution in [0.1, 0.15) is 61.0 Å². The number of amides is 2. The molecule has 2 N–H and O–H groups in total. The molecule has 2 amide bonds. The highest BCUT2D eigenvalue weighted by molar-refractivity contribution is 7.92. The maximum absolute atomic E-state index is 15.0. The first kappa shape index (κ1) is 33.8. The Bertz CT molecular complexity index is 1950. The van der Waals surface area contributed by atoms with Gasteiger partial charge in [-0.3, -0.25) is 19.0 Å². The summed E-state index contributed by atoms with van der Waals surface area (Å²) in [5.41, 5.74) is 1.48. The quantitative estimate of drug-likeness (QED) is 0.356. The molecule has 0 saturated heterocycles. The molecule has 2 aliphatic carbocycles. The lowest BCUT2D eigenvalue weighted by Crippen LogP contribution is -2.49. The number of nitrogens with one attached hydrogen (secondary N) is 1. The summed E-state index contributed by atoms with van der Waals surface area (Å²) in [6.45, 7) is 4.80. The lowest BCUT2D eigenvalue weighted by atomic mass is 9.68. The van der Waals surface area contributed by atoms with Crippen LogP contribution in [0, 0.1) is 11.8 Å². The normalized spacial score (nSPS) is 30.1. The van der Waals surface area contributed by atoms with E-state index in [9.17, 15) is 18.9 Å². The molecular weight excluding hydrogens is 666 g/mol. The van der Waals surface area contributed by atoms with Crippen LogP contribution in [0.5, 0.6) is 5.75 Å². The van der Waals surface area contributed by atoms with Crippen molar-refractivity contribution >= 4 is 39.0 Å². The number of aryl methyl sites for hydroxylation is 2. The second-order valence-corrected chi connectivity index (χ2v) is 16.6. The highest BCUT2D eigenvalue weighted by Gasteiger charge is 2.44. The lowest BCUT2D eigenvalue weighted by Gasteiger charge is -2.45. The third-order valence-corrected chi connectivity index (χ3v) is 12.5. The van der Waals surface area contributed by atoms with E-state index in [1.54, 1.807) is 37.4 Å². The zero-order valence-electron chi connectivity index (χ0n) is 27.9. The Morgan fingerprint density at radius 1 is 1.18 bits per heavy atom. The second-order valence-electron chi connectivity index (χ2n) is 14.2. The first-order valence-corrected chi connectivity index (χ1v) is 18.7. The number of hydrogen-bond donors (Lipinski definition) is 2. The number of fused-ring (bicyclic) bond motifs is 4. The van der Waals surface area contributed by atoms with Crippen molar-refractivity contribution < 1.29 is 28.4 Å². The van der Waals surface area contributed by atoms with Crippen LogP contribution in [0.3, 0.4) is 0 Å². The molecule has 49 heavy (non-hydrogen) atoms. The summed E-state index contributed by atoms with van der Waals surface area (Å²) in [5, 5.41) is 16.0. The van der Waals surface area contributed by atoms with Gasteiger partial charge in [0, 0.05) is 36.8 Å². The molecule has 2 bridgehead atoms. The number of aliphatic hydroxyl groups is 1. The predicted molar refractivity (Wildman–Crippen MR) is 186 cm³/mol. The Hall–Kier alpha value is -3.71. The first-order chi connectivity index (χ1) is 23.4. The van der Waals surface area contributed by atoms with E-state index in [-0.39, 0.29) is 34.3 Å². The fourth-order valence-electron chi connectivity index (χ4n) is 7.56. The standard InChI is InChI=1S/C36H42ClN5O6S/c1-35(2)34(45)40-49(46,39-33(44)25-18-38-41(3)19-25)27-10-13-32-30(17-27)42(20-24-8-11-28(24)31(43)7-5-15-48-35)21-36(22-47-32)14-4-6-23-16-26(37)9-12-29(23)36/h5,7,9-10,12-13,16-19,24,28,31,43H,4,6,8,11,14-15,20-22H2,1-3H3,(H,39,40,44,45,46)/b7-5+/t24-,28+,31?,36-,49?/m0/s1. The van der Waals surface area contributed by atoms with Gasteiger partial charge in [0.15, 0.2) is 9.92 Å². The zero-order valence-corrected chi connectivity index (χ0v) is 29.5. The third kappa shape index (κ3) is 6.51. The summed E-state index contributed by atoms with van der Waals surface area (Å²) in [6.07, 6.45) is 10.3. The molecule has 5 atom stereocenters. The molecule has 2 aromatic carbocycles.